The number of fused-ring (bicyclic) bond motifs is 2. The number of ether oxygens (including phenoxy) is 1. The summed E-state index contributed by atoms with van der Waals surface area (Å²) in [6.45, 7) is 1.69. The van der Waals surface area contributed by atoms with Crippen LogP contribution in [0.5, 0.6) is 0 Å². The third-order valence-corrected chi connectivity index (χ3v) is 6.61. The molecule has 0 radical (unpaired) electrons. The highest BCUT2D eigenvalue weighted by atomic mass is 35.5. The van der Waals surface area contributed by atoms with Crippen molar-refractivity contribution in [1.82, 2.24) is 15.2 Å². The van der Waals surface area contributed by atoms with E-state index in [0.717, 1.165) is 18.4 Å². The van der Waals surface area contributed by atoms with E-state index in [4.69, 9.17) is 16.3 Å². The largest absolute Gasteiger partial charge is 0.365 e. The van der Waals surface area contributed by atoms with Gasteiger partial charge in [-0.1, -0.05) is 17.7 Å². The van der Waals surface area contributed by atoms with Crippen LogP contribution in [-0.2, 0) is 28.3 Å². The molecule has 1 spiro atoms. The van der Waals surface area contributed by atoms with Gasteiger partial charge in [-0.05, 0) is 60.7 Å². The van der Waals surface area contributed by atoms with Crippen molar-refractivity contribution in [3.8, 4) is 0 Å². The summed E-state index contributed by atoms with van der Waals surface area (Å²) in [5.41, 5.74) is 1.19. The Hall–Kier alpha value is -2.09. The van der Waals surface area contributed by atoms with E-state index in [0.29, 0.717) is 42.3 Å². The van der Waals surface area contributed by atoms with Crippen LogP contribution in [0.3, 0.4) is 0 Å². The summed E-state index contributed by atoms with van der Waals surface area (Å²) in [7, 11) is 0. The molecule has 1 N–H and O–H groups in total. The molecule has 3 heterocycles. The Kier molecular flexibility index (Phi) is 5.00. The van der Waals surface area contributed by atoms with Gasteiger partial charge in [0, 0.05) is 25.3 Å². The number of hydrogen-bond donors (Lipinski definition) is 1. The van der Waals surface area contributed by atoms with Crippen molar-refractivity contribution >= 4 is 17.5 Å². The number of hydrogen-bond acceptors (Lipinski definition) is 4. The Morgan fingerprint density at radius 2 is 2.10 bits per heavy atom. The molecule has 1 aromatic carbocycles. The summed E-state index contributed by atoms with van der Waals surface area (Å²) in [6, 6.07) is 6.17. The molecular formula is C22H22ClF2N3O2. The topological polar surface area (TPSA) is 54.5 Å². The second-order valence-corrected chi connectivity index (χ2v) is 8.68. The third-order valence-electron chi connectivity index (χ3n) is 6.38. The second-order valence-electron chi connectivity index (χ2n) is 8.29. The average Bonchev–Trinajstić information content (AvgIpc) is 3.53. The van der Waals surface area contributed by atoms with Crippen LogP contribution < -0.4 is 5.32 Å². The highest BCUT2D eigenvalue weighted by Crippen LogP contribution is 2.48. The summed E-state index contributed by atoms with van der Waals surface area (Å²) >= 11 is 5.89. The number of rotatable bonds is 4. The monoisotopic (exact) mass is 433 g/mol. The van der Waals surface area contributed by atoms with Crippen molar-refractivity contribution in [2.75, 3.05) is 13.1 Å². The smallest absolute Gasteiger partial charge is 0.230 e. The van der Waals surface area contributed by atoms with Gasteiger partial charge in [0.2, 0.25) is 5.91 Å². The van der Waals surface area contributed by atoms with Gasteiger partial charge in [0.25, 0.3) is 0 Å². The van der Waals surface area contributed by atoms with Crippen LogP contribution in [0.2, 0.25) is 5.15 Å². The minimum atomic E-state index is -0.933. The van der Waals surface area contributed by atoms with Gasteiger partial charge in [-0.25, -0.2) is 13.8 Å². The maximum atomic E-state index is 14.1. The molecule has 3 aliphatic rings. The first-order valence-electron chi connectivity index (χ1n) is 10.2. The molecule has 2 fully saturated rings. The molecule has 1 saturated heterocycles. The van der Waals surface area contributed by atoms with E-state index in [9.17, 15) is 13.6 Å². The standard InChI is InChI=1S/C22H22ClF2N3O2/c23-20-4-1-13(9-27-20)11-28(15-2-3-15)21(29)17-10-26-6-5-22(17)16-8-19(25)18(24)7-14(16)12-30-22/h1,4,7-9,15,17,26H,2-3,5-6,10-12H2/t17?,22-/m0/s1. The number of halogens is 3. The fraction of sp³-hybridized carbons (Fsp3) is 0.455. The number of carbonyl (C=O) groups excluding carboxylic acids is 1. The average molecular weight is 434 g/mol. The molecule has 1 aliphatic carbocycles. The maximum absolute atomic E-state index is 14.1. The molecule has 158 valence electrons. The minimum Gasteiger partial charge on any atom is -0.365 e. The van der Waals surface area contributed by atoms with Crippen LogP contribution >= 0.6 is 11.6 Å². The quantitative estimate of drug-likeness (QED) is 0.749. The molecule has 1 unspecified atom stereocenters. The molecule has 5 nitrogen and oxygen atoms in total. The molecule has 1 saturated carbocycles. The number of benzene rings is 1. The number of pyridine rings is 1. The van der Waals surface area contributed by atoms with Gasteiger partial charge in [-0.3, -0.25) is 4.79 Å². The Morgan fingerprint density at radius 1 is 1.30 bits per heavy atom. The summed E-state index contributed by atoms with van der Waals surface area (Å²) < 4.78 is 34.0. The molecule has 0 bridgehead atoms. The van der Waals surface area contributed by atoms with Gasteiger partial charge in [-0.15, -0.1) is 0 Å². The van der Waals surface area contributed by atoms with Crippen LogP contribution in [-0.4, -0.2) is 34.9 Å². The summed E-state index contributed by atoms with van der Waals surface area (Å²) in [5.74, 6) is -2.34. The lowest BCUT2D eigenvalue weighted by Gasteiger charge is -2.42. The van der Waals surface area contributed by atoms with Crippen molar-refractivity contribution < 1.29 is 18.3 Å². The lowest BCUT2D eigenvalue weighted by molar-refractivity contribution is -0.157. The van der Waals surface area contributed by atoms with Crippen LogP contribution in [0, 0.1) is 17.6 Å². The van der Waals surface area contributed by atoms with Gasteiger partial charge < -0.3 is 15.0 Å². The SMILES string of the molecule is O=C(C1CNCC[C@@]12OCc1cc(F)c(F)cc12)N(Cc1ccc(Cl)nc1)C1CC1. The lowest BCUT2D eigenvalue weighted by atomic mass is 9.75. The molecule has 1 aromatic heterocycles. The zero-order valence-corrected chi connectivity index (χ0v) is 17.1. The van der Waals surface area contributed by atoms with Crippen molar-refractivity contribution in [1.29, 1.82) is 0 Å². The Bertz CT molecular complexity index is 983. The van der Waals surface area contributed by atoms with Gasteiger partial charge in [0.1, 0.15) is 10.8 Å². The highest BCUT2D eigenvalue weighted by molar-refractivity contribution is 6.29. The fourth-order valence-electron chi connectivity index (χ4n) is 4.70. The number of amides is 1. The van der Waals surface area contributed by atoms with E-state index in [-0.39, 0.29) is 18.6 Å². The molecule has 5 rings (SSSR count). The van der Waals surface area contributed by atoms with Gasteiger partial charge in [0.15, 0.2) is 11.6 Å². The van der Waals surface area contributed by atoms with E-state index in [2.05, 4.69) is 10.3 Å². The van der Waals surface area contributed by atoms with Gasteiger partial charge in [-0.2, -0.15) is 0 Å². The third kappa shape index (κ3) is 3.39. The summed E-state index contributed by atoms with van der Waals surface area (Å²) in [5, 5.41) is 3.69. The summed E-state index contributed by atoms with van der Waals surface area (Å²) in [6.07, 6.45) is 4.12. The summed E-state index contributed by atoms with van der Waals surface area (Å²) in [4.78, 5) is 19.8. The van der Waals surface area contributed by atoms with Crippen molar-refractivity contribution in [3.05, 3.63) is 63.9 Å². The number of piperidine rings is 1. The number of nitrogens with zero attached hydrogens (tertiary/aromatic N) is 2. The molecule has 30 heavy (non-hydrogen) atoms. The predicted molar refractivity (Wildman–Crippen MR) is 107 cm³/mol. The number of aromatic nitrogens is 1. The van der Waals surface area contributed by atoms with Crippen molar-refractivity contribution in [3.63, 3.8) is 0 Å². The zero-order chi connectivity index (χ0) is 20.9. The Labute approximate surface area is 178 Å². The Morgan fingerprint density at radius 3 is 2.83 bits per heavy atom. The molecule has 8 heteroatoms. The van der Waals surface area contributed by atoms with Gasteiger partial charge in [0.05, 0.1) is 12.5 Å². The molecule has 2 atom stereocenters. The van der Waals surface area contributed by atoms with Gasteiger partial charge >= 0.3 is 0 Å². The molecule has 2 aliphatic heterocycles. The first-order valence-corrected chi connectivity index (χ1v) is 10.6. The van der Waals surface area contributed by atoms with Crippen LogP contribution in [0.1, 0.15) is 36.0 Å². The van der Waals surface area contributed by atoms with E-state index < -0.39 is 23.2 Å². The first-order chi connectivity index (χ1) is 14.5. The maximum Gasteiger partial charge on any atom is 0.230 e. The minimum absolute atomic E-state index is 0.0303. The van der Waals surface area contributed by atoms with E-state index >= 15 is 0 Å². The molecule has 2 aromatic rings. The zero-order valence-electron chi connectivity index (χ0n) is 16.3. The fourth-order valence-corrected chi connectivity index (χ4v) is 4.81. The molecular weight excluding hydrogens is 412 g/mol. The van der Waals surface area contributed by atoms with E-state index in [1.807, 2.05) is 11.0 Å². The predicted octanol–water partition coefficient (Wildman–Crippen LogP) is 3.54. The number of nitrogens with one attached hydrogen (secondary N) is 1. The normalized spacial score (nSPS) is 25.4. The Balaban J connectivity index is 1.48. The van der Waals surface area contributed by atoms with Crippen LogP contribution in [0.25, 0.3) is 0 Å². The van der Waals surface area contributed by atoms with Crippen LogP contribution in [0.4, 0.5) is 8.78 Å². The van der Waals surface area contributed by atoms with E-state index in [1.165, 1.54) is 12.1 Å². The second kappa shape index (κ2) is 7.55. The lowest BCUT2D eigenvalue weighted by Crippen LogP contribution is -2.55. The first kappa shape index (κ1) is 19.8. The molecule has 1 amide bonds. The van der Waals surface area contributed by atoms with E-state index in [1.54, 1.807) is 12.3 Å². The number of carbonyl (C=O) groups is 1. The van der Waals surface area contributed by atoms with Crippen molar-refractivity contribution in [2.45, 2.75) is 44.1 Å². The van der Waals surface area contributed by atoms with Crippen LogP contribution in [0.15, 0.2) is 30.5 Å². The van der Waals surface area contributed by atoms with Crippen molar-refractivity contribution in [2.24, 2.45) is 5.92 Å². The highest BCUT2D eigenvalue weighted by Gasteiger charge is 2.53.